The molecule has 0 unspecified atom stereocenters. The molecule has 1 aliphatic heterocycles. The van der Waals surface area contributed by atoms with Gasteiger partial charge in [0.05, 0.1) is 18.4 Å². The Labute approximate surface area is 149 Å². The van der Waals surface area contributed by atoms with E-state index >= 15 is 0 Å². The van der Waals surface area contributed by atoms with Gasteiger partial charge >= 0.3 is 5.97 Å². The monoisotopic (exact) mass is 339 g/mol. The molecule has 25 heavy (non-hydrogen) atoms. The molecule has 2 heterocycles. The van der Waals surface area contributed by atoms with E-state index in [1.165, 1.54) is 12.7 Å². The van der Waals surface area contributed by atoms with Crippen LogP contribution in [-0.2, 0) is 17.7 Å². The molecular weight excluding hydrogens is 314 g/mol. The van der Waals surface area contributed by atoms with Crippen LogP contribution >= 0.6 is 0 Å². The molecule has 0 N–H and O–H groups in total. The maximum absolute atomic E-state index is 11.5. The number of rotatable bonds is 6. The first kappa shape index (κ1) is 17.6. The van der Waals surface area contributed by atoms with Crippen LogP contribution in [0.15, 0.2) is 48.7 Å². The van der Waals surface area contributed by atoms with Crippen molar-refractivity contribution in [2.75, 3.05) is 39.8 Å². The summed E-state index contributed by atoms with van der Waals surface area (Å²) in [7, 11) is 1.41. The number of hydrogen-bond acceptors (Lipinski definition) is 5. The molecule has 1 fully saturated rings. The van der Waals surface area contributed by atoms with Gasteiger partial charge in [0.15, 0.2) is 0 Å². The van der Waals surface area contributed by atoms with Crippen molar-refractivity contribution in [2.45, 2.75) is 13.0 Å². The van der Waals surface area contributed by atoms with Gasteiger partial charge in [0.1, 0.15) is 0 Å². The van der Waals surface area contributed by atoms with Gasteiger partial charge in [-0.25, -0.2) is 4.79 Å². The second-order valence-corrected chi connectivity index (χ2v) is 6.38. The van der Waals surface area contributed by atoms with Crippen LogP contribution < -0.4 is 0 Å². The number of benzene rings is 1. The third-order valence-corrected chi connectivity index (χ3v) is 4.67. The minimum Gasteiger partial charge on any atom is -0.465 e. The fraction of sp³-hybridized carbons (Fsp3) is 0.400. The van der Waals surface area contributed by atoms with Gasteiger partial charge in [0.25, 0.3) is 0 Å². The number of pyridine rings is 1. The standard InChI is InChI=1S/C20H25N3O2/c1-25-20(24)18-7-5-17(6-8-18)9-11-22-12-14-23(15-13-22)16-19-4-2-3-10-21-19/h2-8,10H,9,11-16H2,1H3. The van der Waals surface area contributed by atoms with E-state index in [1.54, 1.807) is 0 Å². The summed E-state index contributed by atoms with van der Waals surface area (Å²) in [5.41, 5.74) is 3.00. The Morgan fingerprint density at radius 2 is 1.76 bits per heavy atom. The first-order valence-electron chi connectivity index (χ1n) is 8.76. The zero-order chi connectivity index (χ0) is 17.5. The number of carbonyl (C=O) groups excluding carboxylic acids is 1. The largest absolute Gasteiger partial charge is 0.465 e. The van der Waals surface area contributed by atoms with Crippen LogP contribution in [0.4, 0.5) is 0 Å². The van der Waals surface area contributed by atoms with Crippen LogP contribution in [0.25, 0.3) is 0 Å². The van der Waals surface area contributed by atoms with Crippen molar-refractivity contribution in [2.24, 2.45) is 0 Å². The average molecular weight is 339 g/mol. The van der Waals surface area contributed by atoms with Gasteiger partial charge in [-0.15, -0.1) is 0 Å². The van der Waals surface area contributed by atoms with Gasteiger partial charge < -0.3 is 9.64 Å². The highest BCUT2D eigenvalue weighted by Gasteiger charge is 2.17. The summed E-state index contributed by atoms with van der Waals surface area (Å²) in [6.07, 6.45) is 2.86. The number of piperazine rings is 1. The van der Waals surface area contributed by atoms with E-state index in [9.17, 15) is 4.79 Å². The van der Waals surface area contributed by atoms with Crippen molar-refractivity contribution < 1.29 is 9.53 Å². The van der Waals surface area contributed by atoms with E-state index < -0.39 is 0 Å². The Bertz CT molecular complexity index is 665. The van der Waals surface area contributed by atoms with E-state index in [1.807, 2.05) is 42.6 Å². The topological polar surface area (TPSA) is 45.7 Å². The summed E-state index contributed by atoms with van der Waals surface area (Å²) in [6, 6.07) is 13.8. The minimum atomic E-state index is -0.282. The molecule has 0 aliphatic carbocycles. The van der Waals surface area contributed by atoms with E-state index in [-0.39, 0.29) is 5.97 Å². The quantitative estimate of drug-likeness (QED) is 0.755. The van der Waals surface area contributed by atoms with E-state index in [0.29, 0.717) is 5.56 Å². The second kappa shape index (κ2) is 8.74. The Hall–Kier alpha value is -2.24. The predicted molar refractivity (Wildman–Crippen MR) is 97.4 cm³/mol. The normalized spacial score (nSPS) is 15.9. The molecule has 1 aliphatic rings. The van der Waals surface area contributed by atoms with E-state index in [4.69, 9.17) is 4.74 Å². The summed E-state index contributed by atoms with van der Waals surface area (Å²) in [6.45, 7) is 6.33. The number of nitrogens with zero attached hydrogens (tertiary/aromatic N) is 3. The van der Waals surface area contributed by atoms with Gasteiger partial charge in [-0.2, -0.15) is 0 Å². The lowest BCUT2D eigenvalue weighted by Gasteiger charge is -2.34. The Morgan fingerprint density at radius 3 is 2.40 bits per heavy atom. The van der Waals surface area contributed by atoms with Crippen molar-refractivity contribution in [3.63, 3.8) is 0 Å². The lowest BCUT2D eigenvalue weighted by Crippen LogP contribution is -2.46. The van der Waals surface area contributed by atoms with Gasteiger partial charge in [-0.3, -0.25) is 9.88 Å². The van der Waals surface area contributed by atoms with Crippen molar-refractivity contribution in [3.05, 3.63) is 65.5 Å². The molecule has 0 atom stereocenters. The Morgan fingerprint density at radius 1 is 1.04 bits per heavy atom. The fourth-order valence-electron chi connectivity index (χ4n) is 3.10. The highest BCUT2D eigenvalue weighted by atomic mass is 16.5. The van der Waals surface area contributed by atoms with Crippen LogP contribution in [0.2, 0.25) is 0 Å². The van der Waals surface area contributed by atoms with Crippen LogP contribution in [0.5, 0.6) is 0 Å². The van der Waals surface area contributed by atoms with Gasteiger partial charge in [-0.1, -0.05) is 18.2 Å². The first-order chi connectivity index (χ1) is 12.2. The molecule has 1 saturated heterocycles. The number of ether oxygens (including phenoxy) is 1. The maximum atomic E-state index is 11.5. The summed E-state index contributed by atoms with van der Waals surface area (Å²) in [5, 5.41) is 0. The summed E-state index contributed by atoms with van der Waals surface area (Å²) in [4.78, 5) is 20.8. The Kier molecular flexibility index (Phi) is 6.14. The van der Waals surface area contributed by atoms with Crippen LogP contribution in [-0.4, -0.2) is 60.6 Å². The Balaban J connectivity index is 1.41. The lowest BCUT2D eigenvalue weighted by molar-refractivity contribution is 0.0600. The summed E-state index contributed by atoms with van der Waals surface area (Å²) in [5.74, 6) is -0.282. The van der Waals surface area contributed by atoms with E-state index in [2.05, 4.69) is 20.9 Å². The molecule has 0 amide bonds. The van der Waals surface area contributed by atoms with Crippen molar-refractivity contribution >= 4 is 5.97 Å². The smallest absolute Gasteiger partial charge is 0.337 e. The molecule has 0 spiro atoms. The average Bonchev–Trinajstić information content (AvgIpc) is 2.68. The van der Waals surface area contributed by atoms with Gasteiger partial charge in [0, 0.05) is 45.5 Å². The van der Waals surface area contributed by atoms with Crippen molar-refractivity contribution in [1.29, 1.82) is 0 Å². The molecule has 5 nitrogen and oxygen atoms in total. The molecule has 132 valence electrons. The molecule has 1 aromatic carbocycles. The molecule has 1 aromatic heterocycles. The summed E-state index contributed by atoms with van der Waals surface area (Å²) >= 11 is 0. The highest BCUT2D eigenvalue weighted by Crippen LogP contribution is 2.10. The number of aromatic nitrogens is 1. The number of esters is 1. The van der Waals surface area contributed by atoms with Gasteiger partial charge in [0.2, 0.25) is 0 Å². The number of methoxy groups -OCH3 is 1. The van der Waals surface area contributed by atoms with Crippen LogP contribution in [0.1, 0.15) is 21.6 Å². The first-order valence-corrected chi connectivity index (χ1v) is 8.76. The molecule has 3 rings (SSSR count). The zero-order valence-corrected chi connectivity index (χ0v) is 14.7. The molecular formula is C20H25N3O2. The second-order valence-electron chi connectivity index (χ2n) is 6.38. The number of hydrogen-bond donors (Lipinski definition) is 0. The lowest BCUT2D eigenvalue weighted by atomic mass is 10.1. The summed E-state index contributed by atoms with van der Waals surface area (Å²) < 4.78 is 4.73. The SMILES string of the molecule is COC(=O)c1ccc(CCN2CCN(Cc3ccccn3)CC2)cc1. The van der Waals surface area contributed by atoms with Gasteiger partial charge in [-0.05, 0) is 36.2 Å². The van der Waals surface area contributed by atoms with Crippen LogP contribution in [0.3, 0.4) is 0 Å². The van der Waals surface area contributed by atoms with Crippen LogP contribution in [0, 0.1) is 0 Å². The third kappa shape index (κ3) is 5.11. The maximum Gasteiger partial charge on any atom is 0.337 e. The third-order valence-electron chi connectivity index (χ3n) is 4.67. The molecule has 0 saturated carbocycles. The fourth-order valence-corrected chi connectivity index (χ4v) is 3.10. The molecule has 5 heteroatoms. The van der Waals surface area contributed by atoms with Crippen molar-refractivity contribution in [1.82, 2.24) is 14.8 Å². The highest BCUT2D eigenvalue weighted by molar-refractivity contribution is 5.89. The molecule has 2 aromatic rings. The number of carbonyl (C=O) groups is 1. The molecule has 0 bridgehead atoms. The van der Waals surface area contributed by atoms with E-state index in [0.717, 1.165) is 51.4 Å². The minimum absolute atomic E-state index is 0.282. The molecule has 0 radical (unpaired) electrons. The predicted octanol–water partition coefficient (Wildman–Crippen LogP) is 2.23. The zero-order valence-electron chi connectivity index (χ0n) is 14.7. The van der Waals surface area contributed by atoms with Crippen molar-refractivity contribution in [3.8, 4) is 0 Å².